The zero-order valence-corrected chi connectivity index (χ0v) is 27.4. The lowest BCUT2D eigenvalue weighted by atomic mass is 9.98. The number of amides is 1. The average molecular weight is 675 g/mol. The second-order valence-corrected chi connectivity index (χ2v) is 13.5. The number of guanidine groups is 1. The molecule has 1 amide bonds. The number of carbonyl (C=O) groups excluding carboxylic acids is 1. The molecule has 5 aromatic rings. The van der Waals surface area contributed by atoms with Crippen molar-refractivity contribution in [2.24, 2.45) is 11.7 Å². The molecule has 6 rings (SSSR count). The van der Waals surface area contributed by atoms with E-state index in [1.165, 1.54) is 0 Å². The van der Waals surface area contributed by atoms with Gasteiger partial charge in [-0.2, -0.15) is 4.72 Å². The monoisotopic (exact) mass is 674 g/mol. The lowest BCUT2D eigenvalue weighted by molar-refractivity contribution is -0.122. The zero-order chi connectivity index (χ0) is 32.1. The number of para-hydroxylation sites is 1. The standard InChI is InChI=1S/C35H38N6O4S.ClH/c36-35(37)41-16-6-9-25(22-41)20-39-34(42)33(19-28-21-38-32-11-5-4-10-31(28)32)40-46(43,44)30-15-13-26-17-29(14-12-27(26)18-30)45-23-24-7-2-1-3-8-24;/h1-5,7-8,10-15,17-18,21,25,33,38,40H,6,9,16,19-20,22-23H2,(H3,36,37)(H,39,42);1H/t25?,33-;/m1./s1. The fourth-order valence-electron chi connectivity index (χ4n) is 5.98. The number of ether oxygens (including phenoxy) is 1. The lowest BCUT2D eigenvalue weighted by Gasteiger charge is -2.33. The molecular formula is C35H39ClN6O4S. The van der Waals surface area contributed by atoms with Gasteiger partial charge in [0.2, 0.25) is 15.9 Å². The number of nitrogens with zero attached hydrogens (tertiary/aromatic N) is 1. The molecule has 12 heteroatoms. The number of hydrogen-bond acceptors (Lipinski definition) is 5. The van der Waals surface area contributed by atoms with Crippen LogP contribution in [0.4, 0.5) is 0 Å². The van der Waals surface area contributed by atoms with Crippen molar-refractivity contribution in [1.82, 2.24) is 19.9 Å². The Morgan fingerprint density at radius 1 is 1.02 bits per heavy atom. The SMILES string of the molecule is Cl.N=C(N)N1CCCC(CNC(=O)[C@@H](Cc2c[nH]c3ccccc23)NS(=O)(=O)c2ccc3cc(OCc4ccccc4)ccc3c2)C1. The molecule has 1 unspecified atom stereocenters. The summed E-state index contributed by atoms with van der Waals surface area (Å²) in [5, 5.41) is 13.2. The number of benzene rings is 4. The Labute approximate surface area is 280 Å². The number of carbonyl (C=O) groups is 1. The number of fused-ring (bicyclic) bond motifs is 2. The molecule has 2 atom stereocenters. The van der Waals surface area contributed by atoms with Crippen LogP contribution in [-0.2, 0) is 27.8 Å². The summed E-state index contributed by atoms with van der Waals surface area (Å²) in [6, 6.07) is 27.0. The minimum Gasteiger partial charge on any atom is -0.489 e. The Morgan fingerprint density at radius 2 is 1.77 bits per heavy atom. The molecule has 1 aromatic heterocycles. The molecular weight excluding hydrogens is 636 g/mol. The Hall–Kier alpha value is -4.58. The fourth-order valence-corrected chi connectivity index (χ4v) is 7.21. The molecule has 0 aliphatic carbocycles. The summed E-state index contributed by atoms with van der Waals surface area (Å²) in [5.74, 6) is 0.404. The van der Waals surface area contributed by atoms with Crippen molar-refractivity contribution in [2.45, 2.75) is 36.8 Å². The first kappa shape index (κ1) is 33.8. The van der Waals surface area contributed by atoms with Crippen LogP contribution < -0.4 is 20.5 Å². The molecule has 10 nitrogen and oxygen atoms in total. The highest BCUT2D eigenvalue weighted by Gasteiger charge is 2.29. The highest BCUT2D eigenvalue weighted by molar-refractivity contribution is 7.89. The highest BCUT2D eigenvalue weighted by Crippen LogP contribution is 2.26. The van der Waals surface area contributed by atoms with Gasteiger partial charge in [0.1, 0.15) is 18.4 Å². The van der Waals surface area contributed by atoms with Gasteiger partial charge in [0.15, 0.2) is 5.96 Å². The van der Waals surface area contributed by atoms with Crippen molar-refractivity contribution in [3.63, 3.8) is 0 Å². The van der Waals surface area contributed by atoms with Gasteiger partial charge in [-0.3, -0.25) is 10.2 Å². The smallest absolute Gasteiger partial charge is 0.241 e. The van der Waals surface area contributed by atoms with Gasteiger partial charge in [0.05, 0.1) is 4.90 Å². The van der Waals surface area contributed by atoms with E-state index in [1.807, 2.05) is 79.0 Å². The zero-order valence-electron chi connectivity index (χ0n) is 25.8. The third-order valence-electron chi connectivity index (χ3n) is 8.48. The summed E-state index contributed by atoms with van der Waals surface area (Å²) in [6.07, 6.45) is 3.74. The summed E-state index contributed by atoms with van der Waals surface area (Å²) in [6.45, 7) is 2.08. The first-order valence-electron chi connectivity index (χ1n) is 15.4. The molecule has 1 aliphatic heterocycles. The molecule has 0 radical (unpaired) electrons. The lowest BCUT2D eigenvalue weighted by Crippen LogP contribution is -2.51. The van der Waals surface area contributed by atoms with Gasteiger partial charge < -0.3 is 25.7 Å². The Balaban J connectivity index is 0.00000433. The van der Waals surface area contributed by atoms with Crippen LogP contribution in [0.25, 0.3) is 21.7 Å². The van der Waals surface area contributed by atoms with Gasteiger partial charge >= 0.3 is 0 Å². The van der Waals surface area contributed by atoms with E-state index in [4.69, 9.17) is 15.9 Å². The maximum atomic E-state index is 13.8. The Morgan fingerprint density at radius 3 is 2.57 bits per heavy atom. The first-order chi connectivity index (χ1) is 22.2. The van der Waals surface area contributed by atoms with Gasteiger partial charge in [-0.15, -0.1) is 12.4 Å². The number of aromatic amines is 1. The van der Waals surface area contributed by atoms with E-state index in [1.54, 1.807) is 23.1 Å². The van der Waals surface area contributed by atoms with Crippen LogP contribution in [0.3, 0.4) is 0 Å². The average Bonchev–Trinajstić information content (AvgIpc) is 3.48. The maximum Gasteiger partial charge on any atom is 0.241 e. The number of rotatable bonds is 11. The van der Waals surface area contributed by atoms with Gasteiger partial charge in [0, 0.05) is 36.7 Å². The first-order valence-corrected chi connectivity index (χ1v) is 16.9. The molecule has 0 bridgehead atoms. The number of hydrogen-bond donors (Lipinski definition) is 5. The number of aromatic nitrogens is 1. The molecule has 246 valence electrons. The Kier molecular flexibility index (Phi) is 10.7. The molecule has 47 heavy (non-hydrogen) atoms. The molecule has 2 heterocycles. The maximum absolute atomic E-state index is 13.8. The molecule has 4 aromatic carbocycles. The number of nitrogens with two attached hydrogens (primary N) is 1. The molecule has 1 aliphatic rings. The third kappa shape index (κ3) is 8.23. The number of piperidine rings is 1. The fraction of sp³-hybridized carbons (Fsp3) is 0.257. The van der Waals surface area contributed by atoms with E-state index in [2.05, 4.69) is 15.0 Å². The predicted octanol–water partition coefficient (Wildman–Crippen LogP) is 4.93. The molecule has 0 spiro atoms. The topological polar surface area (TPSA) is 153 Å². The number of H-pyrrole nitrogens is 1. The van der Waals surface area contributed by atoms with Gasteiger partial charge in [0.25, 0.3) is 0 Å². The van der Waals surface area contributed by atoms with Crippen molar-refractivity contribution in [1.29, 1.82) is 5.41 Å². The summed E-state index contributed by atoms with van der Waals surface area (Å²) in [4.78, 5) is 18.7. The van der Waals surface area contributed by atoms with Crippen molar-refractivity contribution < 1.29 is 17.9 Å². The minimum atomic E-state index is -4.08. The van der Waals surface area contributed by atoms with E-state index >= 15 is 0 Å². The second-order valence-electron chi connectivity index (χ2n) is 11.8. The summed E-state index contributed by atoms with van der Waals surface area (Å²) < 4.78 is 36.2. The number of likely N-dealkylation sites (tertiary alicyclic amines) is 1. The summed E-state index contributed by atoms with van der Waals surface area (Å²) >= 11 is 0. The van der Waals surface area contributed by atoms with Gasteiger partial charge in [-0.25, -0.2) is 8.42 Å². The molecule has 1 fully saturated rings. The predicted molar refractivity (Wildman–Crippen MR) is 187 cm³/mol. The van der Waals surface area contributed by atoms with E-state index < -0.39 is 22.0 Å². The van der Waals surface area contributed by atoms with E-state index in [0.29, 0.717) is 25.4 Å². The largest absolute Gasteiger partial charge is 0.489 e. The molecule has 1 saturated heterocycles. The van der Waals surface area contributed by atoms with Crippen LogP contribution in [0.2, 0.25) is 0 Å². The van der Waals surface area contributed by atoms with Crippen molar-refractivity contribution in [3.8, 4) is 5.75 Å². The number of nitrogens with one attached hydrogen (secondary N) is 4. The molecule has 6 N–H and O–H groups in total. The van der Waals surface area contributed by atoms with Crippen LogP contribution in [-0.4, -0.2) is 55.8 Å². The quantitative estimate of drug-likeness (QED) is 0.0989. The summed E-state index contributed by atoms with van der Waals surface area (Å²) in [7, 11) is -4.08. The van der Waals surface area contributed by atoms with Crippen LogP contribution in [0, 0.1) is 11.3 Å². The van der Waals surface area contributed by atoms with Crippen LogP contribution in [0.5, 0.6) is 5.75 Å². The van der Waals surface area contributed by atoms with Crippen molar-refractivity contribution in [2.75, 3.05) is 19.6 Å². The van der Waals surface area contributed by atoms with Crippen molar-refractivity contribution >= 4 is 56.0 Å². The number of sulfonamides is 1. The third-order valence-corrected chi connectivity index (χ3v) is 9.95. The van der Waals surface area contributed by atoms with E-state index in [0.717, 1.165) is 52.2 Å². The molecule has 0 saturated carbocycles. The Bertz CT molecular complexity index is 1970. The highest BCUT2D eigenvalue weighted by atomic mass is 35.5. The van der Waals surface area contributed by atoms with Crippen LogP contribution >= 0.6 is 12.4 Å². The van der Waals surface area contributed by atoms with Crippen molar-refractivity contribution in [3.05, 3.63) is 108 Å². The normalized spacial score (nSPS) is 15.6. The van der Waals surface area contributed by atoms with Gasteiger partial charge in [-0.05, 0) is 77.4 Å². The number of halogens is 1. The van der Waals surface area contributed by atoms with Crippen LogP contribution in [0.1, 0.15) is 24.0 Å². The van der Waals surface area contributed by atoms with E-state index in [-0.39, 0.29) is 35.6 Å². The van der Waals surface area contributed by atoms with E-state index in [9.17, 15) is 13.2 Å². The minimum absolute atomic E-state index is 0. The second kappa shape index (κ2) is 14.9. The van der Waals surface area contributed by atoms with Gasteiger partial charge in [-0.1, -0.05) is 60.7 Å². The van der Waals surface area contributed by atoms with Crippen LogP contribution in [0.15, 0.2) is 102 Å². The summed E-state index contributed by atoms with van der Waals surface area (Å²) in [5.41, 5.74) is 8.49.